The van der Waals surface area contributed by atoms with Gasteiger partial charge in [0, 0.05) is 25.6 Å². The van der Waals surface area contributed by atoms with Gasteiger partial charge in [0.05, 0.1) is 10.7 Å². The van der Waals surface area contributed by atoms with E-state index in [0.717, 1.165) is 37.6 Å². The third-order valence-electron chi connectivity index (χ3n) is 4.60. The minimum atomic E-state index is 0. The van der Waals surface area contributed by atoms with Crippen molar-refractivity contribution in [3.05, 3.63) is 64.2 Å². The minimum absolute atomic E-state index is 0. The van der Waals surface area contributed by atoms with Crippen molar-refractivity contribution >= 4 is 29.7 Å². The van der Waals surface area contributed by atoms with Crippen molar-refractivity contribution in [3.8, 4) is 0 Å². The molecule has 4 heteroatoms. The summed E-state index contributed by atoms with van der Waals surface area (Å²) in [5, 5.41) is 4.46. The summed E-state index contributed by atoms with van der Waals surface area (Å²) >= 11 is 6.54. The molecule has 22 heavy (non-hydrogen) atoms. The Bertz CT molecular complexity index is 658. The summed E-state index contributed by atoms with van der Waals surface area (Å²) in [5.41, 5.74) is 5.57. The Labute approximate surface area is 142 Å². The molecule has 2 aliphatic heterocycles. The number of hydrogen-bond donors (Lipinski definition) is 1. The highest BCUT2D eigenvalue weighted by atomic mass is 35.5. The predicted octanol–water partition coefficient (Wildman–Crippen LogP) is 4.01. The fraction of sp³-hybridized carbons (Fsp3) is 0.333. The largest absolute Gasteiger partial charge is 0.365 e. The Morgan fingerprint density at radius 2 is 1.95 bits per heavy atom. The molecular weight excluding hydrogens is 315 g/mol. The van der Waals surface area contributed by atoms with Gasteiger partial charge in [-0.25, -0.2) is 0 Å². The van der Waals surface area contributed by atoms with Gasteiger partial charge in [0.1, 0.15) is 0 Å². The van der Waals surface area contributed by atoms with Crippen molar-refractivity contribution in [2.45, 2.75) is 18.9 Å². The van der Waals surface area contributed by atoms with Gasteiger partial charge in [-0.1, -0.05) is 48.0 Å². The second-order valence-electron chi connectivity index (χ2n) is 5.99. The molecule has 2 nitrogen and oxygen atoms in total. The summed E-state index contributed by atoms with van der Waals surface area (Å²) in [5.74, 6) is 0.569. The normalized spacial score (nSPS) is 19.3. The summed E-state index contributed by atoms with van der Waals surface area (Å²) < 4.78 is 0. The third-order valence-corrected chi connectivity index (χ3v) is 4.91. The number of nitrogens with zero attached hydrogens (tertiary/aromatic N) is 1. The molecule has 2 aliphatic rings. The zero-order valence-corrected chi connectivity index (χ0v) is 14.0. The molecule has 0 fully saturated rings. The summed E-state index contributed by atoms with van der Waals surface area (Å²) in [6, 6.07) is 14.9. The second-order valence-corrected chi connectivity index (χ2v) is 6.39. The highest BCUT2D eigenvalue weighted by Gasteiger charge is 2.33. The smallest absolute Gasteiger partial charge is 0.0642 e. The van der Waals surface area contributed by atoms with Crippen LogP contribution in [-0.4, -0.2) is 19.6 Å². The molecule has 0 saturated heterocycles. The van der Waals surface area contributed by atoms with Crippen LogP contribution in [0, 0.1) is 0 Å². The number of hydrogen-bond acceptors (Lipinski definition) is 2. The van der Waals surface area contributed by atoms with Crippen molar-refractivity contribution < 1.29 is 0 Å². The number of anilines is 1. The summed E-state index contributed by atoms with van der Waals surface area (Å²) in [6.45, 7) is 4.14. The van der Waals surface area contributed by atoms with Crippen molar-refractivity contribution in [1.29, 1.82) is 0 Å². The van der Waals surface area contributed by atoms with E-state index in [1.807, 2.05) is 0 Å². The average molecular weight is 335 g/mol. The fourth-order valence-electron chi connectivity index (χ4n) is 3.68. The van der Waals surface area contributed by atoms with Crippen LogP contribution < -0.4 is 10.2 Å². The molecule has 1 N–H and O–H groups in total. The fourth-order valence-corrected chi connectivity index (χ4v) is 3.96. The first-order chi connectivity index (χ1) is 10.3. The average Bonchev–Trinajstić information content (AvgIpc) is 2.74. The van der Waals surface area contributed by atoms with Crippen LogP contribution in [0.15, 0.2) is 42.5 Å². The number of rotatable bonds is 2. The van der Waals surface area contributed by atoms with Crippen LogP contribution >= 0.6 is 24.0 Å². The lowest BCUT2D eigenvalue weighted by atomic mass is 9.95. The molecule has 0 aliphatic carbocycles. The lowest BCUT2D eigenvalue weighted by Gasteiger charge is -2.22. The zero-order valence-electron chi connectivity index (χ0n) is 12.4. The Balaban J connectivity index is 0.00000144. The maximum absolute atomic E-state index is 6.54. The van der Waals surface area contributed by atoms with Gasteiger partial charge in [0.2, 0.25) is 0 Å². The van der Waals surface area contributed by atoms with E-state index in [1.54, 1.807) is 0 Å². The first kappa shape index (κ1) is 15.7. The number of benzene rings is 2. The Hall–Kier alpha value is -1.22. The van der Waals surface area contributed by atoms with Gasteiger partial charge in [0.25, 0.3) is 0 Å². The summed E-state index contributed by atoms with van der Waals surface area (Å²) in [4.78, 5) is 2.45. The van der Waals surface area contributed by atoms with Gasteiger partial charge in [-0.3, -0.25) is 0 Å². The molecule has 2 aromatic carbocycles. The van der Waals surface area contributed by atoms with Gasteiger partial charge < -0.3 is 10.2 Å². The van der Waals surface area contributed by atoms with E-state index in [9.17, 15) is 0 Å². The van der Waals surface area contributed by atoms with Crippen molar-refractivity contribution in [1.82, 2.24) is 5.32 Å². The molecule has 0 spiro atoms. The van der Waals surface area contributed by atoms with E-state index in [4.69, 9.17) is 11.6 Å². The highest BCUT2D eigenvalue weighted by molar-refractivity contribution is 6.33. The molecule has 2 aromatic rings. The molecule has 0 unspecified atom stereocenters. The molecule has 0 aromatic heterocycles. The standard InChI is InChI=1S/C18H19ClN2.ClH/c19-16-7-6-14-8-9-20-10-15-12-21(18(16)17(14)15)11-13-4-2-1-3-5-13;/h1-7,15,20H,8-12H2;1H/t15-;/m0./s1. The second kappa shape index (κ2) is 6.49. The Morgan fingerprint density at radius 3 is 2.77 bits per heavy atom. The molecule has 2 heterocycles. The van der Waals surface area contributed by atoms with Crippen molar-refractivity contribution in [3.63, 3.8) is 0 Å². The van der Waals surface area contributed by atoms with Crippen molar-refractivity contribution in [2.24, 2.45) is 0 Å². The van der Waals surface area contributed by atoms with E-state index in [2.05, 4.69) is 52.7 Å². The summed E-state index contributed by atoms with van der Waals surface area (Å²) in [6.07, 6.45) is 1.11. The molecule has 0 amide bonds. The van der Waals surface area contributed by atoms with E-state index >= 15 is 0 Å². The molecule has 0 radical (unpaired) electrons. The monoisotopic (exact) mass is 334 g/mol. The molecule has 116 valence electrons. The van der Waals surface area contributed by atoms with Crippen LogP contribution in [0.4, 0.5) is 5.69 Å². The lowest BCUT2D eigenvalue weighted by Crippen LogP contribution is -2.27. The SMILES string of the molecule is Cl.Clc1ccc2c3c1N(Cc1ccccc1)C[C@@H]3CNCC2. The Kier molecular flexibility index (Phi) is 4.62. The molecular formula is C18H20Cl2N2. The first-order valence-corrected chi connectivity index (χ1v) is 8.01. The van der Waals surface area contributed by atoms with Crippen LogP contribution in [0.2, 0.25) is 5.02 Å². The van der Waals surface area contributed by atoms with E-state index in [-0.39, 0.29) is 12.4 Å². The van der Waals surface area contributed by atoms with Crippen LogP contribution in [0.1, 0.15) is 22.6 Å². The molecule has 1 atom stereocenters. The summed E-state index contributed by atoms with van der Waals surface area (Å²) in [7, 11) is 0. The van der Waals surface area contributed by atoms with Gasteiger partial charge in [-0.05, 0) is 35.7 Å². The van der Waals surface area contributed by atoms with E-state index < -0.39 is 0 Å². The quantitative estimate of drug-likeness (QED) is 0.892. The van der Waals surface area contributed by atoms with Crippen LogP contribution in [0.5, 0.6) is 0 Å². The predicted molar refractivity (Wildman–Crippen MR) is 95.5 cm³/mol. The maximum atomic E-state index is 6.54. The zero-order chi connectivity index (χ0) is 14.2. The van der Waals surface area contributed by atoms with Crippen LogP contribution in [0.3, 0.4) is 0 Å². The maximum Gasteiger partial charge on any atom is 0.0642 e. The molecule has 0 bridgehead atoms. The lowest BCUT2D eigenvalue weighted by molar-refractivity contribution is 0.614. The van der Waals surface area contributed by atoms with Crippen LogP contribution in [0.25, 0.3) is 0 Å². The highest BCUT2D eigenvalue weighted by Crippen LogP contribution is 2.44. The number of nitrogens with one attached hydrogen (secondary N) is 1. The molecule has 0 saturated carbocycles. The van der Waals surface area contributed by atoms with Gasteiger partial charge in [-0.15, -0.1) is 12.4 Å². The van der Waals surface area contributed by atoms with E-state index in [0.29, 0.717) is 5.92 Å². The van der Waals surface area contributed by atoms with Gasteiger partial charge in [0.15, 0.2) is 0 Å². The van der Waals surface area contributed by atoms with Gasteiger partial charge in [-0.2, -0.15) is 0 Å². The van der Waals surface area contributed by atoms with E-state index in [1.165, 1.54) is 22.4 Å². The topological polar surface area (TPSA) is 15.3 Å². The van der Waals surface area contributed by atoms with Gasteiger partial charge >= 0.3 is 0 Å². The van der Waals surface area contributed by atoms with Crippen LogP contribution in [-0.2, 0) is 13.0 Å². The number of halogens is 2. The molecule has 4 rings (SSSR count). The minimum Gasteiger partial charge on any atom is -0.365 e. The van der Waals surface area contributed by atoms with Crippen molar-refractivity contribution in [2.75, 3.05) is 24.5 Å². The Morgan fingerprint density at radius 1 is 1.14 bits per heavy atom. The third kappa shape index (κ3) is 2.71. The first-order valence-electron chi connectivity index (χ1n) is 7.64.